The molecule has 0 spiro atoms. The standard InChI is InChI=1S/C13H21N3OS/c1-9(2)17-8-7-16(4)13-11(12(14)18)6-5-10(3)15-13/h5-6,9H,7-8H2,1-4H3,(H2,14,18). The maximum Gasteiger partial charge on any atom is 0.138 e. The third kappa shape index (κ3) is 4.23. The molecule has 0 amide bonds. The predicted octanol–water partition coefficient (Wildman–Crippen LogP) is 1.89. The molecule has 0 unspecified atom stereocenters. The van der Waals surface area contributed by atoms with Crippen molar-refractivity contribution in [2.45, 2.75) is 26.9 Å². The van der Waals surface area contributed by atoms with Crippen molar-refractivity contribution in [2.24, 2.45) is 5.73 Å². The molecular weight excluding hydrogens is 246 g/mol. The van der Waals surface area contributed by atoms with E-state index in [1.807, 2.05) is 44.9 Å². The first-order valence-corrected chi connectivity index (χ1v) is 6.43. The molecule has 1 aromatic rings. The van der Waals surface area contributed by atoms with Crippen LogP contribution in [0.25, 0.3) is 0 Å². The number of likely N-dealkylation sites (N-methyl/N-ethyl adjacent to an activating group) is 1. The highest BCUT2D eigenvalue weighted by molar-refractivity contribution is 7.80. The van der Waals surface area contributed by atoms with Crippen molar-refractivity contribution in [1.29, 1.82) is 0 Å². The van der Waals surface area contributed by atoms with E-state index >= 15 is 0 Å². The van der Waals surface area contributed by atoms with E-state index in [1.165, 1.54) is 0 Å². The second-order valence-corrected chi connectivity index (χ2v) is 4.97. The fourth-order valence-corrected chi connectivity index (χ4v) is 1.72. The van der Waals surface area contributed by atoms with Gasteiger partial charge in [-0.05, 0) is 32.9 Å². The van der Waals surface area contributed by atoms with E-state index < -0.39 is 0 Å². The summed E-state index contributed by atoms with van der Waals surface area (Å²) in [6.45, 7) is 7.40. The first-order chi connectivity index (χ1) is 8.41. The van der Waals surface area contributed by atoms with E-state index in [0.29, 0.717) is 11.6 Å². The topological polar surface area (TPSA) is 51.4 Å². The van der Waals surface area contributed by atoms with Gasteiger partial charge in [0.05, 0.1) is 18.3 Å². The fourth-order valence-electron chi connectivity index (χ4n) is 1.56. The minimum absolute atomic E-state index is 0.235. The van der Waals surface area contributed by atoms with Gasteiger partial charge in [-0.1, -0.05) is 12.2 Å². The number of pyridine rings is 1. The number of ether oxygens (including phenoxy) is 1. The highest BCUT2D eigenvalue weighted by Gasteiger charge is 2.11. The molecule has 0 saturated carbocycles. The van der Waals surface area contributed by atoms with Crippen molar-refractivity contribution in [1.82, 2.24) is 4.98 Å². The summed E-state index contributed by atoms with van der Waals surface area (Å²) in [7, 11) is 1.97. The van der Waals surface area contributed by atoms with E-state index in [2.05, 4.69) is 4.98 Å². The Balaban J connectivity index is 2.80. The molecule has 2 N–H and O–H groups in total. The van der Waals surface area contributed by atoms with Crippen molar-refractivity contribution < 1.29 is 4.74 Å². The molecule has 1 rings (SSSR count). The number of anilines is 1. The first kappa shape index (κ1) is 14.9. The average molecular weight is 267 g/mol. The molecule has 0 fully saturated rings. The maximum atomic E-state index is 5.71. The number of aromatic nitrogens is 1. The highest BCUT2D eigenvalue weighted by Crippen LogP contribution is 2.17. The summed E-state index contributed by atoms with van der Waals surface area (Å²) < 4.78 is 5.53. The predicted molar refractivity (Wildman–Crippen MR) is 79.2 cm³/mol. The normalized spacial score (nSPS) is 10.7. The number of hydrogen-bond acceptors (Lipinski definition) is 4. The quantitative estimate of drug-likeness (QED) is 0.798. The number of aryl methyl sites for hydroxylation is 1. The van der Waals surface area contributed by atoms with E-state index in [1.54, 1.807) is 0 Å². The summed E-state index contributed by atoms with van der Waals surface area (Å²) in [4.78, 5) is 6.88. The van der Waals surface area contributed by atoms with Gasteiger partial charge in [-0.15, -0.1) is 0 Å². The van der Waals surface area contributed by atoms with Gasteiger partial charge in [0.2, 0.25) is 0 Å². The van der Waals surface area contributed by atoms with Crippen molar-refractivity contribution in [3.05, 3.63) is 23.4 Å². The Bertz CT molecular complexity index is 421. The SMILES string of the molecule is Cc1ccc(C(N)=S)c(N(C)CCOC(C)C)n1. The van der Waals surface area contributed by atoms with Gasteiger partial charge in [-0.2, -0.15) is 0 Å². The number of nitrogens with two attached hydrogens (primary N) is 1. The Labute approximate surface area is 114 Å². The zero-order valence-corrected chi connectivity index (χ0v) is 12.3. The lowest BCUT2D eigenvalue weighted by Gasteiger charge is -2.21. The molecule has 0 radical (unpaired) electrons. The summed E-state index contributed by atoms with van der Waals surface area (Å²) in [5.41, 5.74) is 7.47. The molecule has 0 aliphatic rings. The molecule has 0 bridgehead atoms. The molecule has 0 saturated heterocycles. The van der Waals surface area contributed by atoms with Gasteiger partial charge < -0.3 is 15.4 Å². The number of thiocarbonyl (C=S) groups is 1. The van der Waals surface area contributed by atoms with Crippen LogP contribution in [-0.4, -0.2) is 36.3 Å². The molecular formula is C13H21N3OS. The lowest BCUT2D eigenvalue weighted by Crippen LogP contribution is -2.27. The van der Waals surface area contributed by atoms with Crippen LogP contribution >= 0.6 is 12.2 Å². The van der Waals surface area contributed by atoms with Crippen LogP contribution in [0.2, 0.25) is 0 Å². The Morgan fingerprint density at radius 2 is 2.17 bits per heavy atom. The third-order valence-electron chi connectivity index (χ3n) is 2.52. The summed E-state index contributed by atoms with van der Waals surface area (Å²) >= 11 is 5.05. The van der Waals surface area contributed by atoms with Crippen LogP contribution in [0.15, 0.2) is 12.1 Å². The molecule has 0 aliphatic heterocycles. The molecule has 4 nitrogen and oxygen atoms in total. The zero-order chi connectivity index (χ0) is 13.7. The van der Waals surface area contributed by atoms with Crippen LogP contribution in [0.1, 0.15) is 25.1 Å². The van der Waals surface area contributed by atoms with Crippen molar-refractivity contribution in [2.75, 3.05) is 25.1 Å². The number of nitrogens with zero attached hydrogens (tertiary/aromatic N) is 2. The smallest absolute Gasteiger partial charge is 0.138 e. The van der Waals surface area contributed by atoms with Gasteiger partial charge in [0.1, 0.15) is 10.8 Å². The van der Waals surface area contributed by atoms with Gasteiger partial charge in [-0.25, -0.2) is 4.98 Å². The van der Waals surface area contributed by atoms with E-state index in [0.717, 1.165) is 23.6 Å². The van der Waals surface area contributed by atoms with Crippen LogP contribution in [0.5, 0.6) is 0 Å². The summed E-state index contributed by atoms with van der Waals surface area (Å²) in [6, 6.07) is 3.83. The second kappa shape index (κ2) is 6.66. The number of rotatable bonds is 6. The van der Waals surface area contributed by atoms with Gasteiger partial charge in [0.15, 0.2) is 0 Å². The molecule has 0 atom stereocenters. The molecule has 0 aliphatic carbocycles. The van der Waals surface area contributed by atoms with Gasteiger partial charge in [-0.3, -0.25) is 0 Å². The first-order valence-electron chi connectivity index (χ1n) is 6.02. The van der Waals surface area contributed by atoms with Crippen molar-refractivity contribution >= 4 is 23.0 Å². The summed E-state index contributed by atoms with van der Waals surface area (Å²) in [5, 5.41) is 0. The highest BCUT2D eigenvalue weighted by atomic mass is 32.1. The lowest BCUT2D eigenvalue weighted by molar-refractivity contribution is 0.0845. The van der Waals surface area contributed by atoms with E-state index in [4.69, 9.17) is 22.7 Å². The van der Waals surface area contributed by atoms with Crippen LogP contribution < -0.4 is 10.6 Å². The molecule has 1 aromatic heterocycles. The van der Waals surface area contributed by atoms with Crippen molar-refractivity contribution in [3.63, 3.8) is 0 Å². The van der Waals surface area contributed by atoms with Crippen LogP contribution in [0, 0.1) is 6.92 Å². The van der Waals surface area contributed by atoms with Gasteiger partial charge >= 0.3 is 0 Å². The number of hydrogen-bond donors (Lipinski definition) is 1. The van der Waals surface area contributed by atoms with Crippen LogP contribution in [-0.2, 0) is 4.74 Å². The lowest BCUT2D eigenvalue weighted by atomic mass is 10.2. The Kier molecular flexibility index (Phi) is 5.50. The second-order valence-electron chi connectivity index (χ2n) is 4.53. The summed E-state index contributed by atoms with van der Waals surface area (Å²) in [5.74, 6) is 0.815. The zero-order valence-electron chi connectivity index (χ0n) is 11.4. The van der Waals surface area contributed by atoms with Gasteiger partial charge in [0.25, 0.3) is 0 Å². The Hall–Kier alpha value is -1.20. The largest absolute Gasteiger partial charge is 0.389 e. The van der Waals surface area contributed by atoms with Crippen LogP contribution in [0.4, 0.5) is 5.82 Å². The molecule has 1 heterocycles. The fraction of sp³-hybridized carbons (Fsp3) is 0.538. The maximum absolute atomic E-state index is 5.71. The average Bonchev–Trinajstić information content (AvgIpc) is 2.27. The molecule has 18 heavy (non-hydrogen) atoms. The van der Waals surface area contributed by atoms with Crippen LogP contribution in [0.3, 0.4) is 0 Å². The molecule has 5 heteroatoms. The van der Waals surface area contributed by atoms with Gasteiger partial charge in [0, 0.05) is 19.3 Å². The Morgan fingerprint density at radius 3 is 2.72 bits per heavy atom. The molecule has 100 valence electrons. The Morgan fingerprint density at radius 1 is 1.50 bits per heavy atom. The minimum Gasteiger partial charge on any atom is -0.389 e. The monoisotopic (exact) mass is 267 g/mol. The van der Waals surface area contributed by atoms with E-state index in [-0.39, 0.29) is 6.10 Å². The minimum atomic E-state index is 0.235. The van der Waals surface area contributed by atoms with Crippen molar-refractivity contribution in [3.8, 4) is 0 Å². The third-order valence-corrected chi connectivity index (χ3v) is 2.74. The van der Waals surface area contributed by atoms with E-state index in [9.17, 15) is 0 Å². The summed E-state index contributed by atoms with van der Waals surface area (Å²) in [6.07, 6.45) is 0.235. The molecule has 0 aromatic carbocycles.